The molecule has 90 valence electrons. The first-order chi connectivity index (χ1) is 6.33. The normalized spacial score (nSPS) is 9.86. The van der Waals surface area contributed by atoms with Crippen LogP contribution < -0.4 is 11.5 Å². The van der Waals surface area contributed by atoms with Crippen LogP contribution in [-0.4, -0.2) is 23.8 Å². The van der Waals surface area contributed by atoms with Gasteiger partial charge in [0.1, 0.15) is 0 Å². The van der Waals surface area contributed by atoms with Crippen LogP contribution >= 0.6 is 0 Å². The molecule has 0 atom stereocenters. The van der Waals surface area contributed by atoms with Crippen molar-refractivity contribution in [2.75, 3.05) is 13.2 Å². The third kappa shape index (κ3) is 40.7. The molecule has 0 aliphatic heterocycles. The summed E-state index contributed by atoms with van der Waals surface area (Å²) in [6, 6.07) is 0. The summed E-state index contributed by atoms with van der Waals surface area (Å²) in [5, 5.41) is 8.28. The van der Waals surface area contributed by atoms with Crippen LogP contribution in [0.2, 0.25) is 0 Å². The number of nitrogens with two attached hydrogens (primary N) is 2. The molecule has 0 heterocycles. The van der Waals surface area contributed by atoms with Gasteiger partial charge in [0.25, 0.3) is 0 Å². The number of hydrogen-bond acceptors (Lipinski definition) is 3. The molecule has 3 nitrogen and oxygen atoms in total. The van der Waals surface area contributed by atoms with Gasteiger partial charge in [-0.3, -0.25) is 0 Å². The van der Waals surface area contributed by atoms with Crippen molar-refractivity contribution in [1.82, 2.24) is 0 Å². The van der Waals surface area contributed by atoms with Crippen molar-refractivity contribution < 1.29 is 5.11 Å². The molecule has 3 heteroatoms. The molecule has 0 radical (unpaired) electrons. The Morgan fingerprint density at radius 3 is 1.50 bits per heavy atom. The number of aliphatic hydroxyl groups is 1. The lowest BCUT2D eigenvalue weighted by atomic mass is 10.1. The van der Waals surface area contributed by atoms with E-state index in [1.807, 2.05) is 13.8 Å². The van der Waals surface area contributed by atoms with E-state index in [0.717, 1.165) is 18.9 Å². The molecule has 0 saturated carbocycles. The Labute approximate surface area is 89.9 Å². The van der Waals surface area contributed by atoms with Gasteiger partial charge in [0, 0.05) is 5.54 Å². The molecule has 0 aliphatic rings. The van der Waals surface area contributed by atoms with Gasteiger partial charge in [0.2, 0.25) is 0 Å². The molecule has 0 aromatic heterocycles. The first-order valence-electron chi connectivity index (χ1n) is 5.43. The van der Waals surface area contributed by atoms with E-state index in [4.69, 9.17) is 16.6 Å². The van der Waals surface area contributed by atoms with Gasteiger partial charge in [0.05, 0.1) is 6.61 Å². The smallest absolute Gasteiger partial charge is 0.0605 e. The molecule has 0 saturated heterocycles. The molecule has 0 aliphatic carbocycles. The van der Waals surface area contributed by atoms with E-state index < -0.39 is 5.54 Å². The van der Waals surface area contributed by atoms with Crippen LogP contribution in [-0.2, 0) is 0 Å². The molecule has 0 spiro atoms. The molecule has 0 unspecified atom stereocenters. The molecule has 0 aromatic rings. The van der Waals surface area contributed by atoms with E-state index in [1.165, 1.54) is 0 Å². The second-order valence-corrected chi connectivity index (χ2v) is 4.12. The first-order valence-corrected chi connectivity index (χ1v) is 5.43. The zero-order valence-corrected chi connectivity index (χ0v) is 10.8. The molecular formula is C11H30N2O. The molecular weight excluding hydrogens is 176 g/mol. The lowest BCUT2D eigenvalue weighted by molar-refractivity contribution is 0.221. The van der Waals surface area contributed by atoms with E-state index in [2.05, 4.69) is 13.8 Å². The number of aliphatic hydroxyl groups excluding tert-OH is 1. The zero-order chi connectivity index (χ0) is 12.2. The maximum absolute atomic E-state index is 8.28. The van der Waals surface area contributed by atoms with Crippen molar-refractivity contribution in [2.45, 2.75) is 53.5 Å². The molecule has 14 heavy (non-hydrogen) atoms. The van der Waals surface area contributed by atoms with Crippen LogP contribution in [0.3, 0.4) is 0 Å². The predicted octanol–water partition coefficient (Wildman–Crippen LogP) is 1.73. The highest BCUT2D eigenvalue weighted by Gasteiger charge is 2.05. The Morgan fingerprint density at radius 2 is 1.50 bits per heavy atom. The molecule has 0 amide bonds. The van der Waals surface area contributed by atoms with E-state index in [-0.39, 0.29) is 6.61 Å². The fourth-order valence-corrected chi connectivity index (χ4v) is 0.333. The Hall–Kier alpha value is -0.120. The van der Waals surface area contributed by atoms with Crippen LogP contribution in [0.5, 0.6) is 0 Å². The van der Waals surface area contributed by atoms with Crippen LogP contribution in [0.4, 0.5) is 0 Å². The van der Waals surface area contributed by atoms with Crippen molar-refractivity contribution >= 4 is 0 Å². The summed E-state index contributed by atoms with van der Waals surface area (Å²) in [4.78, 5) is 0. The number of hydrogen-bond donors (Lipinski definition) is 3. The summed E-state index contributed by atoms with van der Waals surface area (Å²) in [5.74, 6) is 0.773. The summed E-state index contributed by atoms with van der Waals surface area (Å²) in [6.45, 7) is 12.8. The quantitative estimate of drug-likeness (QED) is 0.658. The van der Waals surface area contributed by atoms with Gasteiger partial charge in [-0.05, 0) is 32.7 Å². The van der Waals surface area contributed by atoms with Crippen molar-refractivity contribution in [3.05, 3.63) is 0 Å². The highest BCUT2D eigenvalue weighted by atomic mass is 16.3. The molecule has 0 rings (SSSR count). The van der Waals surface area contributed by atoms with Gasteiger partial charge in [-0.25, -0.2) is 0 Å². The summed E-state index contributed by atoms with van der Waals surface area (Å²) >= 11 is 0. The number of rotatable bonds is 3. The van der Waals surface area contributed by atoms with Crippen molar-refractivity contribution in [2.24, 2.45) is 17.4 Å². The van der Waals surface area contributed by atoms with Gasteiger partial charge >= 0.3 is 0 Å². The minimum Gasteiger partial charge on any atom is -0.394 e. The molecule has 0 bridgehead atoms. The Morgan fingerprint density at radius 1 is 1.21 bits per heavy atom. The fourth-order valence-electron chi connectivity index (χ4n) is 0.333. The summed E-state index contributed by atoms with van der Waals surface area (Å²) in [6.07, 6.45) is 1.15. The molecule has 0 fully saturated rings. The summed E-state index contributed by atoms with van der Waals surface area (Å²) < 4.78 is 0. The maximum Gasteiger partial charge on any atom is 0.0605 e. The standard InChI is InChI=1S/C5H13N.C4H11NO.C2H6/c1-5(2)3-4-6;1-4(2,5)3-6;1-2/h5H,3-4,6H2,1-2H3;6H,3,5H2,1-2H3;1-2H3. The Balaban J connectivity index is -0.000000147. The second kappa shape index (κ2) is 12.9. The molecule has 0 aromatic carbocycles. The average Bonchev–Trinajstić information content (AvgIpc) is 2.07. The predicted molar refractivity (Wildman–Crippen MR) is 65.2 cm³/mol. The topological polar surface area (TPSA) is 72.3 Å². The van der Waals surface area contributed by atoms with Gasteiger partial charge in [-0.15, -0.1) is 0 Å². The second-order valence-electron chi connectivity index (χ2n) is 4.12. The first kappa shape index (κ1) is 19.5. The summed E-state index contributed by atoms with van der Waals surface area (Å²) in [7, 11) is 0. The average molecular weight is 206 g/mol. The Bertz CT molecular complexity index is 87.8. The third-order valence-electron chi connectivity index (χ3n) is 1.15. The van der Waals surface area contributed by atoms with Crippen molar-refractivity contribution in [1.29, 1.82) is 0 Å². The lowest BCUT2D eigenvalue weighted by Crippen LogP contribution is -2.35. The highest BCUT2D eigenvalue weighted by molar-refractivity contribution is 4.67. The van der Waals surface area contributed by atoms with E-state index in [1.54, 1.807) is 13.8 Å². The van der Waals surface area contributed by atoms with Gasteiger partial charge < -0.3 is 16.6 Å². The highest BCUT2D eigenvalue weighted by Crippen LogP contribution is 1.93. The van der Waals surface area contributed by atoms with Gasteiger partial charge in [-0.1, -0.05) is 27.7 Å². The fraction of sp³-hybridized carbons (Fsp3) is 1.00. The van der Waals surface area contributed by atoms with Crippen LogP contribution in [0.25, 0.3) is 0 Å². The van der Waals surface area contributed by atoms with Crippen molar-refractivity contribution in [3.63, 3.8) is 0 Å². The maximum atomic E-state index is 8.28. The summed E-state index contributed by atoms with van der Waals surface area (Å²) in [5.41, 5.74) is 10.1. The van der Waals surface area contributed by atoms with Gasteiger partial charge in [-0.2, -0.15) is 0 Å². The minimum absolute atomic E-state index is 0.0486. The molecule has 5 N–H and O–H groups in total. The van der Waals surface area contributed by atoms with Crippen LogP contribution in [0, 0.1) is 5.92 Å². The zero-order valence-electron chi connectivity index (χ0n) is 10.8. The van der Waals surface area contributed by atoms with Crippen LogP contribution in [0.15, 0.2) is 0 Å². The largest absolute Gasteiger partial charge is 0.394 e. The third-order valence-corrected chi connectivity index (χ3v) is 1.15. The van der Waals surface area contributed by atoms with Gasteiger partial charge in [0.15, 0.2) is 0 Å². The van der Waals surface area contributed by atoms with E-state index in [9.17, 15) is 0 Å². The van der Waals surface area contributed by atoms with E-state index in [0.29, 0.717) is 0 Å². The lowest BCUT2D eigenvalue weighted by Gasteiger charge is -2.12. The SMILES string of the molecule is CC.CC(C)(N)CO.CC(C)CCN. The van der Waals surface area contributed by atoms with Crippen LogP contribution in [0.1, 0.15) is 48.0 Å². The monoisotopic (exact) mass is 206 g/mol. The Kier molecular flexibility index (Phi) is 17.9. The minimum atomic E-state index is -0.403. The van der Waals surface area contributed by atoms with Crippen molar-refractivity contribution in [3.8, 4) is 0 Å². The van der Waals surface area contributed by atoms with E-state index >= 15 is 0 Å².